The zero-order chi connectivity index (χ0) is 20.8. The molecule has 1 atom stereocenters. The molecule has 0 aliphatic heterocycles. The molecule has 1 heterocycles. The third-order valence-corrected chi connectivity index (χ3v) is 5.39. The summed E-state index contributed by atoms with van der Waals surface area (Å²) in [6, 6.07) is 16.4. The molecule has 8 heteroatoms. The molecule has 0 fully saturated rings. The van der Waals surface area contributed by atoms with Gasteiger partial charge in [0.15, 0.2) is 11.0 Å². The van der Waals surface area contributed by atoms with Gasteiger partial charge in [-0.2, -0.15) is 5.26 Å². The molecule has 2 aromatic carbocycles. The molecule has 3 aromatic rings. The van der Waals surface area contributed by atoms with Crippen molar-refractivity contribution in [2.24, 2.45) is 0 Å². The fraction of sp³-hybridized carbons (Fsp3) is 0.238. The molecule has 0 aliphatic carbocycles. The molecule has 1 unspecified atom stereocenters. The molecule has 1 amide bonds. The van der Waals surface area contributed by atoms with Crippen molar-refractivity contribution in [2.45, 2.75) is 30.8 Å². The fourth-order valence-corrected chi connectivity index (χ4v) is 3.61. The topological polar surface area (TPSA) is 92.8 Å². The minimum absolute atomic E-state index is 0.142. The summed E-state index contributed by atoms with van der Waals surface area (Å²) in [5.74, 6) is 1.38. The maximum Gasteiger partial charge on any atom is 0.237 e. The van der Waals surface area contributed by atoms with E-state index in [1.54, 1.807) is 31.4 Å². The van der Waals surface area contributed by atoms with E-state index in [4.69, 9.17) is 10.00 Å². The maximum absolute atomic E-state index is 12.5. The van der Waals surface area contributed by atoms with Crippen LogP contribution in [-0.4, -0.2) is 33.0 Å². The second-order valence-corrected chi connectivity index (χ2v) is 7.53. The summed E-state index contributed by atoms with van der Waals surface area (Å²) < 4.78 is 7.18. The number of rotatable bonds is 7. The number of benzene rings is 2. The number of thioether (sulfide) groups is 1. The Bertz CT molecular complexity index is 1020. The van der Waals surface area contributed by atoms with E-state index < -0.39 is 0 Å². The van der Waals surface area contributed by atoms with Gasteiger partial charge in [0.1, 0.15) is 5.75 Å². The predicted octanol–water partition coefficient (Wildman–Crippen LogP) is 3.96. The van der Waals surface area contributed by atoms with Gasteiger partial charge in [-0.1, -0.05) is 11.8 Å². The van der Waals surface area contributed by atoms with Crippen LogP contribution in [0.5, 0.6) is 5.75 Å². The van der Waals surface area contributed by atoms with E-state index in [-0.39, 0.29) is 11.2 Å². The number of hydrogen-bond acceptors (Lipinski definition) is 6. The summed E-state index contributed by atoms with van der Waals surface area (Å²) in [7, 11) is 1.63. The van der Waals surface area contributed by atoms with E-state index >= 15 is 0 Å². The van der Waals surface area contributed by atoms with Gasteiger partial charge < -0.3 is 14.6 Å². The normalized spacial score (nSPS) is 11.5. The molecule has 0 spiro atoms. The Labute approximate surface area is 173 Å². The predicted molar refractivity (Wildman–Crippen MR) is 113 cm³/mol. The minimum atomic E-state index is -0.371. The molecule has 0 saturated carbocycles. The van der Waals surface area contributed by atoms with Crippen LogP contribution in [0.3, 0.4) is 0 Å². The van der Waals surface area contributed by atoms with Crippen molar-refractivity contribution in [3.63, 3.8) is 0 Å². The van der Waals surface area contributed by atoms with E-state index in [0.29, 0.717) is 23.0 Å². The Morgan fingerprint density at radius 2 is 1.90 bits per heavy atom. The van der Waals surface area contributed by atoms with Crippen molar-refractivity contribution >= 4 is 23.4 Å². The molecule has 148 valence electrons. The molecule has 1 aromatic heterocycles. The van der Waals surface area contributed by atoms with E-state index in [1.165, 1.54) is 11.8 Å². The molecule has 0 radical (unpaired) electrons. The van der Waals surface area contributed by atoms with Gasteiger partial charge in [0.25, 0.3) is 0 Å². The van der Waals surface area contributed by atoms with Crippen LogP contribution in [0.4, 0.5) is 5.69 Å². The van der Waals surface area contributed by atoms with E-state index in [2.05, 4.69) is 21.6 Å². The maximum atomic E-state index is 12.5. The van der Waals surface area contributed by atoms with Crippen molar-refractivity contribution < 1.29 is 9.53 Å². The number of nitrogens with one attached hydrogen (secondary N) is 1. The molecule has 1 N–H and O–H groups in total. The molecule has 0 saturated heterocycles. The number of nitriles is 1. The molecular weight excluding hydrogens is 386 g/mol. The fourth-order valence-electron chi connectivity index (χ4n) is 2.70. The number of amides is 1. The Morgan fingerprint density at radius 3 is 2.48 bits per heavy atom. The van der Waals surface area contributed by atoms with Crippen LogP contribution in [0.1, 0.15) is 19.4 Å². The number of anilines is 1. The highest BCUT2D eigenvalue weighted by Crippen LogP contribution is 2.28. The summed E-state index contributed by atoms with van der Waals surface area (Å²) in [5.41, 5.74) is 2.13. The molecule has 0 bridgehead atoms. The van der Waals surface area contributed by atoms with Gasteiger partial charge in [0.2, 0.25) is 5.91 Å². The first-order valence-electron chi connectivity index (χ1n) is 9.11. The lowest BCUT2D eigenvalue weighted by atomic mass is 10.2. The Balaban J connectivity index is 1.72. The number of ether oxygens (including phenoxy) is 1. The van der Waals surface area contributed by atoms with Crippen LogP contribution in [0.2, 0.25) is 0 Å². The van der Waals surface area contributed by atoms with Crippen LogP contribution in [0.25, 0.3) is 11.4 Å². The minimum Gasteiger partial charge on any atom is -0.497 e. The highest BCUT2D eigenvalue weighted by molar-refractivity contribution is 8.00. The first-order chi connectivity index (χ1) is 14.0. The average Bonchev–Trinajstić information content (AvgIpc) is 3.16. The summed E-state index contributed by atoms with van der Waals surface area (Å²) >= 11 is 1.35. The second-order valence-electron chi connectivity index (χ2n) is 6.22. The number of methoxy groups -OCH3 is 1. The summed E-state index contributed by atoms with van der Waals surface area (Å²) in [6.45, 7) is 4.52. The molecular formula is C21H21N5O2S. The first kappa shape index (κ1) is 20.4. The Kier molecular flexibility index (Phi) is 6.52. The molecule has 7 nitrogen and oxygen atoms in total. The number of carbonyl (C=O) groups excluding carboxylic acids is 1. The van der Waals surface area contributed by atoms with Crippen molar-refractivity contribution in [1.82, 2.24) is 14.8 Å². The van der Waals surface area contributed by atoms with Crippen LogP contribution in [0.15, 0.2) is 53.7 Å². The number of nitrogens with zero attached hydrogens (tertiary/aromatic N) is 4. The van der Waals surface area contributed by atoms with Crippen LogP contribution in [0, 0.1) is 11.3 Å². The van der Waals surface area contributed by atoms with Gasteiger partial charge in [0.05, 0.1) is 24.0 Å². The van der Waals surface area contributed by atoms with E-state index in [9.17, 15) is 4.79 Å². The highest BCUT2D eigenvalue weighted by Gasteiger charge is 2.20. The van der Waals surface area contributed by atoms with Gasteiger partial charge in [-0.05, 0) is 62.4 Å². The smallest absolute Gasteiger partial charge is 0.237 e. The highest BCUT2D eigenvalue weighted by atomic mass is 32.2. The second kappa shape index (κ2) is 9.26. The van der Waals surface area contributed by atoms with E-state index in [1.807, 2.05) is 42.7 Å². The summed E-state index contributed by atoms with van der Waals surface area (Å²) in [4.78, 5) is 12.5. The third-order valence-electron chi connectivity index (χ3n) is 4.31. The van der Waals surface area contributed by atoms with E-state index in [0.717, 1.165) is 17.1 Å². The SMILES string of the molecule is CCn1c(SC(C)C(=O)Nc2ccc(C#N)cc2)nnc1-c1ccc(OC)cc1. The lowest BCUT2D eigenvalue weighted by Gasteiger charge is -2.13. The Morgan fingerprint density at radius 1 is 1.21 bits per heavy atom. The Hall–Kier alpha value is -3.31. The standard InChI is InChI=1S/C21H21N5O2S/c1-4-26-19(16-7-11-18(28-3)12-8-16)24-25-21(26)29-14(2)20(27)23-17-9-5-15(13-22)6-10-17/h5-12,14H,4H2,1-3H3,(H,23,27). The van der Waals surface area contributed by atoms with Crippen molar-refractivity contribution in [1.29, 1.82) is 5.26 Å². The van der Waals surface area contributed by atoms with Crippen molar-refractivity contribution in [3.05, 3.63) is 54.1 Å². The number of carbonyl (C=O) groups is 1. The molecule has 3 rings (SSSR count). The van der Waals surface area contributed by atoms with Gasteiger partial charge in [-0.25, -0.2) is 0 Å². The number of hydrogen-bond donors (Lipinski definition) is 1. The quantitative estimate of drug-likeness (QED) is 0.596. The van der Waals surface area contributed by atoms with Crippen molar-refractivity contribution in [3.8, 4) is 23.2 Å². The molecule has 29 heavy (non-hydrogen) atoms. The van der Waals surface area contributed by atoms with Crippen molar-refractivity contribution in [2.75, 3.05) is 12.4 Å². The van der Waals surface area contributed by atoms with Gasteiger partial charge in [-0.15, -0.1) is 10.2 Å². The van der Waals surface area contributed by atoms with Gasteiger partial charge >= 0.3 is 0 Å². The van der Waals surface area contributed by atoms with Gasteiger partial charge in [0, 0.05) is 17.8 Å². The van der Waals surface area contributed by atoms with Crippen LogP contribution >= 0.6 is 11.8 Å². The average molecular weight is 407 g/mol. The van der Waals surface area contributed by atoms with Gasteiger partial charge in [-0.3, -0.25) is 4.79 Å². The third kappa shape index (κ3) is 4.76. The number of aromatic nitrogens is 3. The first-order valence-corrected chi connectivity index (χ1v) is 9.99. The van der Waals surface area contributed by atoms with Crippen LogP contribution in [-0.2, 0) is 11.3 Å². The monoisotopic (exact) mass is 407 g/mol. The zero-order valence-corrected chi connectivity index (χ0v) is 17.2. The molecule has 0 aliphatic rings. The summed E-state index contributed by atoms with van der Waals surface area (Å²) in [6.07, 6.45) is 0. The lowest BCUT2D eigenvalue weighted by molar-refractivity contribution is -0.115. The lowest BCUT2D eigenvalue weighted by Crippen LogP contribution is -2.22. The zero-order valence-electron chi connectivity index (χ0n) is 16.4. The largest absolute Gasteiger partial charge is 0.497 e. The summed E-state index contributed by atoms with van der Waals surface area (Å²) in [5, 5.41) is 20.6. The van der Waals surface area contributed by atoms with Crippen LogP contribution < -0.4 is 10.1 Å².